The van der Waals surface area contributed by atoms with Gasteiger partial charge in [0.1, 0.15) is 11.6 Å². The van der Waals surface area contributed by atoms with Crippen molar-refractivity contribution in [3.8, 4) is 0 Å². The van der Waals surface area contributed by atoms with Gasteiger partial charge in [0.15, 0.2) is 0 Å². The quantitative estimate of drug-likeness (QED) is 0.583. The fourth-order valence-corrected chi connectivity index (χ4v) is 1.78. The Balaban J connectivity index is 2.70. The number of hydrogen-bond donors (Lipinski definition) is 0. The third-order valence-electron chi connectivity index (χ3n) is 2.61. The number of hydrogen-bond acceptors (Lipinski definition) is 2. The second-order valence-electron chi connectivity index (χ2n) is 4.88. The third-order valence-corrected chi connectivity index (χ3v) is 2.61. The van der Waals surface area contributed by atoms with Gasteiger partial charge in [-0.15, -0.1) is 0 Å². The van der Waals surface area contributed by atoms with Gasteiger partial charge in [0, 0.05) is 11.8 Å². The average Bonchev–Trinajstić information content (AvgIpc) is 2.02. The van der Waals surface area contributed by atoms with Gasteiger partial charge in [0.25, 0.3) is 0 Å². The van der Waals surface area contributed by atoms with Crippen LogP contribution >= 0.6 is 0 Å². The van der Waals surface area contributed by atoms with Crippen LogP contribution in [-0.4, -0.2) is 11.6 Å². The van der Waals surface area contributed by atoms with Crippen molar-refractivity contribution in [2.75, 3.05) is 0 Å². The molecule has 74 valence electrons. The van der Waals surface area contributed by atoms with Gasteiger partial charge in [-0.05, 0) is 12.8 Å². The van der Waals surface area contributed by atoms with E-state index in [4.69, 9.17) is 0 Å². The van der Waals surface area contributed by atoms with Crippen molar-refractivity contribution in [3.05, 3.63) is 0 Å². The maximum absolute atomic E-state index is 11.8. The minimum absolute atomic E-state index is 0.122. The monoisotopic (exact) mass is 182 g/mol. The SMILES string of the molecule is CC(C)(C)C(=O)[C@@H]1CCCCC1=O. The summed E-state index contributed by atoms with van der Waals surface area (Å²) < 4.78 is 0. The van der Waals surface area contributed by atoms with Crippen molar-refractivity contribution < 1.29 is 9.59 Å². The van der Waals surface area contributed by atoms with Crippen LogP contribution in [0.25, 0.3) is 0 Å². The average molecular weight is 182 g/mol. The molecule has 0 N–H and O–H groups in total. The van der Waals surface area contributed by atoms with E-state index >= 15 is 0 Å². The molecule has 0 unspecified atom stereocenters. The van der Waals surface area contributed by atoms with Crippen LogP contribution < -0.4 is 0 Å². The first-order valence-electron chi connectivity index (χ1n) is 5.00. The van der Waals surface area contributed by atoms with Crippen molar-refractivity contribution >= 4 is 11.6 Å². The van der Waals surface area contributed by atoms with Gasteiger partial charge in [0.2, 0.25) is 0 Å². The summed E-state index contributed by atoms with van der Waals surface area (Å²) in [7, 11) is 0. The molecule has 2 nitrogen and oxygen atoms in total. The maximum Gasteiger partial charge on any atom is 0.148 e. The Bertz CT molecular complexity index is 223. The lowest BCUT2D eigenvalue weighted by molar-refractivity contribution is -0.139. The summed E-state index contributed by atoms with van der Waals surface area (Å²) in [5.74, 6) is -0.0166. The summed E-state index contributed by atoms with van der Waals surface area (Å²) in [5, 5.41) is 0. The molecule has 1 aliphatic rings. The van der Waals surface area contributed by atoms with Gasteiger partial charge in [-0.3, -0.25) is 9.59 Å². The normalized spacial score (nSPS) is 24.5. The van der Waals surface area contributed by atoms with Crippen molar-refractivity contribution in [1.29, 1.82) is 0 Å². The number of Topliss-reactive ketones (excluding diaryl/α,β-unsaturated/α-hetero) is 2. The highest BCUT2D eigenvalue weighted by molar-refractivity contribution is 6.04. The van der Waals surface area contributed by atoms with E-state index in [1.807, 2.05) is 20.8 Å². The first-order valence-corrected chi connectivity index (χ1v) is 5.00. The van der Waals surface area contributed by atoms with Crippen LogP contribution in [-0.2, 0) is 9.59 Å². The molecule has 0 aromatic rings. The van der Waals surface area contributed by atoms with Crippen LogP contribution in [0.2, 0.25) is 0 Å². The van der Waals surface area contributed by atoms with E-state index in [1.165, 1.54) is 0 Å². The van der Waals surface area contributed by atoms with Crippen LogP contribution in [0.4, 0.5) is 0 Å². The molecule has 0 radical (unpaired) electrons. The molecular formula is C11H18O2. The van der Waals surface area contributed by atoms with Crippen LogP contribution in [0.5, 0.6) is 0 Å². The molecule has 0 aromatic heterocycles. The lowest BCUT2D eigenvalue weighted by atomic mass is 9.76. The molecule has 1 rings (SSSR count). The van der Waals surface area contributed by atoms with Gasteiger partial charge in [-0.2, -0.15) is 0 Å². The van der Waals surface area contributed by atoms with E-state index < -0.39 is 0 Å². The summed E-state index contributed by atoms with van der Waals surface area (Å²) in [4.78, 5) is 23.3. The smallest absolute Gasteiger partial charge is 0.148 e. The zero-order valence-corrected chi connectivity index (χ0v) is 8.72. The number of carbonyl (C=O) groups is 2. The topological polar surface area (TPSA) is 34.1 Å². The van der Waals surface area contributed by atoms with E-state index in [2.05, 4.69) is 0 Å². The Morgan fingerprint density at radius 1 is 1.31 bits per heavy atom. The van der Waals surface area contributed by atoms with Crippen molar-refractivity contribution in [1.82, 2.24) is 0 Å². The zero-order chi connectivity index (χ0) is 10.1. The van der Waals surface area contributed by atoms with E-state index in [0.717, 1.165) is 19.3 Å². The van der Waals surface area contributed by atoms with Gasteiger partial charge in [0.05, 0.1) is 5.92 Å². The predicted molar refractivity (Wildman–Crippen MR) is 51.4 cm³/mol. The maximum atomic E-state index is 11.8. The molecule has 0 saturated heterocycles. The highest BCUT2D eigenvalue weighted by Gasteiger charge is 2.35. The first-order chi connectivity index (χ1) is 5.93. The zero-order valence-electron chi connectivity index (χ0n) is 8.72. The number of ketones is 2. The molecule has 0 amide bonds. The fourth-order valence-electron chi connectivity index (χ4n) is 1.78. The van der Waals surface area contributed by atoms with Crippen LogP contribution in [0, 0.1) is 11.3 Å². The Morgan fingerprint density at radius 2 is 1.92 bits per heavy atom. The summed E-state index contributed by atoms with van der Waals surface area (Å²) in [6.45, 7) is 5.66. The van der Waals surface area contributed by atoms with Crippen LogP contribution in [0.3, 0.4) is 0 Å². The van der Waals surface area contributed by atoms with E-state index in [1.54, 1.807) is 0 Å². The molecule has 0 aliphatic heterocycles. The fraction of sp³-hybridized carbons (Fsp3) is 0.818. The third kappa shape index (κ3) is 2.39. The molecule has 0 spiro atoms. The molecule has 0 aromatic carbocycles. The van der Waals surface area contributed by atoms with Gasteiger partial charge in [-0.25, -0.2) is 0 Å². The minimum Gasteiger partial charge on any atom is -0.299 e. The molecular weight excluding hydrogens is 164 g/mol. The number of rotatable bonds is 1. The van der Waals surface area contributed by atoms with E-state index in [9.17, 15) is 9.59 Å². The Hall–Kier alpha value is -0.660. The van der Waals surface area contributed by atoms with Crippen molar-refractivity contribution in [2.45, 2.75) is 46.5 Å². The standard InChI is InChI=1S/C11H18O2/c1-11(2,3)10(13)8-6-4-5-7-9(8)12/h8H,4-7H2,1-3H3/t8-/m1/s1. The predicted octanol–water partition coefficient (Wildman–Crippen LogP) is 2.36. The molecule has 0 bridgehead atoms. The summed E-state index contributed by atoms with van der Waals surface area (Å²) in [6, 6.07) is 0. The second kappa shape index (κ2) is 3.60. The van der Waals surface area contributed by atoms with E-state index in [0.29, 0.717) is 6.42 Å². The van der Waals surface area contributed by atoms with Crippen LogP contribution in [0.15, 0.2) is 0 Å². The van der Waals surface area contributed by atoms with E-state index in [-0.39, 0.29) is 22.9 Å². The summed E-state index contributed by atoms with van der Waals surface area (Å²) in [5.41, 5.74) is -0.363. The number of carbonyl (C=O) groups excluding carboxylic acids is 2. The Labute approximate surface area is 79.7 Å². The largest absolute Gasteiger partial charge is 0.299 e. The molecule has 13 heavy (non-hydrogen) atoms. The molecule has 1 atom stereocenters. The van der Waals surface area contributed by atoms with Crippen LogP contribution in [0.1, 0.15) is 46.5 Å². The Morgan fingerprint density at radius 3 is 2.38 bits per heavy atom. The molecule has 1 aliphatic carbocycles. The second-order valence-corrected chi connectivity index (χ2v) is 4.88. The highest BCUT2D eigenvalue weighted by atomic mass is 16.2. The van der Waals surface area contributed by atoms with Crippen molar-refractivity contribution in [3.63, 3.8) is 0 Å². The first kappa shape index (κ1) is 10.4. The summed E-state index contributed by atoms with van der Waals surface area (Å²) in [6.07, 6.45) is 3.37. The van der Waals surface area contributed by atoms with Gasteiger partial charge in [-0.1, -0.05) is 27.2 Å². The lowest BCUT2D eigenvalue weighted by Crippen LogP contribution is -2.35. The molecule has 1 saturated carbocycles. The Kier molecular flexibility index (Phi) is 2.89. The van der Waals surface area contributed by atoms with Gasteiger partial charge >= 0.3 is 0 Å². The minimum atomic E-state index is -0.363. The molecule has 2 heteroatoms. The molecule has 0 heterocycles. The summed E-state index contributed by atoms with van der Waals surface area (Å²) >= 11 is 0. The lowest BCUT2D eigenvalue weighted by Gasteiger charge is -2.26. The highest BCUT2D eigenvalue weighted by Crippen LogP contribution is 2.28. The molecule has 1 fully saturated rings. The van der Waals surface area contributed by atoms with Crippen molar-refractivity contribution in [2.24, 2.45) is 11.3 Å². The van der Waals surface area contributed by atoms with Gasteiger partial charge < -0.3 is 0 Å².